The van der Waals surface area contributed by atoms with Crippen LogP contribution in [0.3, 0.4) is 0 Å². The molecule has 0 atom stereocenters. The summed E-state index contributed by atoms with van der Waals surface area (Å²) >= 11 is 3.44. The van der Waals surface area contributed by atoms with Crippen molar-refractivity contribution in [1.29, 1.82) is 5.26 Å². The zero-order chi connectivity index (χ0) is 15.6. The van der Waals surface area contributed by atoms with E-state index in [2.05, 4.69) is 25.9 Å². The summed E-state index contributed by atoms with van der Waals surface area (Å²) in [6.45, 7) is 3.87. The van der Waals surface area contributed by atoms with Crippen LogP contribution in [0.4, 0.5) is 11.8 Å². The number of aromatic nitrogens is 2. The Labute approximate surface area is 130 Å². The average Bonchev–Trinajstić information content (AvgIpc) is 2.39. The van der Waals surface area contributed by atoms with Gasteiger partial charge in [0.1, 0.15) is 23.2 Å². The Bertz CT molecular complexity index is 724. The third kappa shape index (κ3) is 3.23. The van der Waals surface area contributed by atoms with E-state index in [0.29, 0.717) is 17.0 Å². The molecule has 0 aliphatic carbocycles. The van der Waals surface area contributed by atoms with Gasteiger partial charge in [0.05, 0.1) is 11.8 Å². The molecule has 2 rings (SSSR count). The first-order chi connectivity index (χ1) is 9.92. The first kappa shape index (κ1) is 15.1. The highest BCUT2D eigenvalue weighted by Gasteiger charge is 2.16. The Morgan fingerprint density at radius 1 is 1.29 bits per heavy atom. The first-order valence-corrected chi connectivity index (χ1v) is 7.01. The molecule has 108 valence electrons. The molecular formula is C14H14BrN5O. The lowest BCUT2D eigenvalue weighted by molar-refractivity contribution is 0.242. The normalized spacial score (nSPS) is 10.4. The van der Waals surface area contributed by atoms with Gasteiger partial charge in [-0.15, -0.1) is 0 Å². The summed E-state index contributed by atoms with van der Waals surface area (Å²) in [4.78, 5) is 7.94. The van der Waals surface area contributed by atoms with Gasteiger partial charge in [-0.05, 0) is 32.0 Å². The van der Waals surface area contributed by atoms with Gasteiger partial charge in [0, 0.05) is 10.0 Å². The molecule has 21 heavy (non-hydrogen) atoms. The molecule has 0 amide bonds. The van der Waals surface area contributed by atoms with E-state index in [4.69, 9.17) is 16.2 Å². The Morgan fingerprint density at radius 3 is 2.62 bits per heavy atom. The number of nitrogens with two attached hydrogens (primary N) is 2. The molecule has 0 saturated heterocycles. The molecule has 0 unspecified atom stereocenters. The minimum absolute atomic E-state index is 0.0172. The van der Waals surface area contributed by atoms with Crippen molar-refractivity contribution in [3.8, 4) is 23.1 Å². The van der Waals surface area contributed by atoms with Gasteiger partial charge in [0.15, 0.2) is 0 Å². The van der Waals surface area contributed by atoms with Crippen LogP contribution in [-0.4, -0.2) is 16.1 Å². The summed E-state index contributed by atoms with van der Waals surface area (Å²) < 4.78 is 6.41. The largest absolute Gasteiger partial charge is 0.491 e. The maximum absolute atomic E-state index is 9.26. The average molecular weight is 348 g/mol. The minimum atomic E-state index is 0.0172. The van der Waals surface area contributed by atoms with Gasteiger partial charge >= 0.3 is 0 Å². The monoisotopic (exact) mass is 347 g/mol. The summed E-state index contributed by atoms with van der Waals surface area (Å²) in [5, 5.41) is 9.26. The zero-order valence-corrected chi connectivity index (χ0v) is 13.2. The Kier molecular flexibility index (Phi) is 4.29. The van der Waals surface area contributed by atoms with Crippen molar-refractivity contribution in [3.05, 3.63) is 28.2 Å². The fourth-order valence-electron chi connectivity index (χ4n) is 1.83. The highest BCUT2D eigenvalue weighted by atomic mass is 79.9. The third-order valence-corrected chi connectivity index (χ3v) is 3.32. The molecule has 1 heterocycles. The van der Waals surface area contributed by atoms with Crippen LogP contribution in [0.2, 0.25) is 0 Å². The van der Waals surface area contributed by atoms with Gasteiger partial charge in [-0.1, -0.05) is 15.9 Å². The lowest BCUT2D eigenvalue weighted by Gasteiger charge is -2.13. The van der Waals surface area contributed by atoms with Crippen molar-refractivity contribution in [2.75, 3.05) is 11.5 Å². The van der Waals surface area contributed by atoms with Crippen LogP contribution < -0.4 is 16.2 Å². The van der Waals surface area contributed by atoms with Gasteiger partial charge in [-0.3, -0.25) is 0 Å². The van der Waals surface area contributed by atoms with Gasteiger partial charge in [0.2, 0.25) is 5.95 Å². The van der Waals surface area contributed by atoms with Crippen LogP contribution in [0.1, 0.15) is 19.4 Å². The number of hydrogen-bond acceptors (Lipinski definition) is 6. The molecule has 0 saturated carbocycles. The Balaban J connectivity index is 2.64. The molecule has 2 aromatic rings. The van der Waals surface area contributed by atoms with Crippen molar-refractivity contribution < 1.29 is 4.74 Å². The summed E-state index contributed by atoms with van der Waals surface area (Å²) in [5.74, 6) is 0.744. The topological polar surface area (TPSA) is 111 Å². The van der Waals surface area contributed by atoms with E-state index in [1.807, 2.05) is 32.0 Å². The fraction of sp³-hybridized carbons (Fsp3) is 0.214. The number of rotatable bonds is 3. The third-order valence-electron chi connectivity index (χ3n) is 2.63. The maximum atomic E-state index is 9.26. The maximum Gasteiger partial charge on any atom is 0.222 e. The van der Waals surface area contributed by atoms with Gasteiger partial charge in [-0.2, -0.15) is 10.2 Å². The molecule has 6 nitrogen and oxygen atoms in total. The van der Waals surface area contributed by atoms with E-state index in [0.717, 1.165) is 4.47 Å². The number of halogens is 1. The first-order valence-electron chi connectivity index (χ1n) is 6.22. The second-order valence-electron chi connectivity index (χ2n) is 4.61. The number of ether oxygens (including phenoxy) is 1. The van der Waals surface area contributed by atoms with E-state index >= 15 is 0 Å². The molecule has 0 spiro atoms. The lowest BCUT2D eigenvalue weighted by Crippen LogP contribution is -2.07. The number of nitrogen functional groups attached to an aromatic ring is 2. The Morgan fingerprint density at radius 2 is 2.00 bits per heavy atom. The highest BCUT2D eigenvalue weighted by molar-refractivity contribution is 9.10. The molecule has 4 N–H and O–H groups in total. The summed E-state index contributed by atoms with van der Waals surface area (Å²) in [6, 6.07) is 7.44. The van der Waals surface area contributed by atoms with E-state index in [1.54, 1.807) is 6.07 Å². The molecule has 0 aliphatic heterocycles. The molecule has 0 aliphatic rings. The van der Waals surface area contributed by atoms with E-state index in [9.17, 15) is 5.26 Å². The molecule has 1 aromatic heterocycles. The Hall–Kier alpha value is -2.33. The van der Waals surface area contributed by atoms with Crippen LogP contribution in [-0.2, 0) is 0 Å². The van der Waals surface area contributed by atoms with Crippen molar-refractivity contribution in [3.63, 3.8) is 0 Å². The smallest absolute Gasteiger partial charge is 0.222 e. The van der Waals surface area contributed by atoms with Crippen LogP contribution in [0.25, 0.3) is 11.3 Å². The number of benzene rings is 1. The predicted molar refractivity (Wildman–Crippen MR) is 84.5 cm³/mol. The van der Waals surface area contributed by atoms with Crippen LogP contribution >= 0.6 is 15.9 Å². The van der Waals surface area contributed by atoms with Crippen molar-refractivity contribution in [2.24, 2.45) is 0 Å². The van der Waals surface area contributed by atoms with E-state index in [-0.39, 0.29) is 23.4 Å². The second kappa shape index (κ2) is 5.97. The van der Waals surface area contributed by atoms with Crippen molar-refractivity contribution >= 4 is 27.7 Å². The quantitative estimate of drug-likeness (QED) is 0.882. The van der Waals surface area contributed by atoms with E-state index in [1.165, 1.54) is 0 Å². The zero-order valence-electron chi connectivity index (χ0n) is 11.6. The molecule has 0 fully saturated rings. The van der Waals surface area contributed by atoms with Crippen LogP contribution in [0.5, 0.6) is 5.75 Å². The summed E-state index contributed by atoms with van der Waals surface area (Å²) in [7, 11) is 0. The molecule has 7 heteroatoms. The predicted octanol–water partition coefficient (Wildman–Crippen LogP) is 2.73. The molecule has 1 aromatic carbocycles. The molecule has 0 bridgehead atoms. The van der Waals surface area contributed by atoms with Crippen LogP contribution in [0, 0.1) is 11.3 Å². The lowest BCUT2D eigenvalue weighted by atomic mass is 10.1. The molecule has 0 radical (unpaired) electrons. The SMILES string of the molecule is CC(C)Oc1ccc(Br)c(-c2nc(N)nc(N)c2C#N)c1. The minimum Gasteiger partial charge on any atom is -0.491 e. The van der Waals surface area contributed by atoms with Crippen LogP contribution in [0.15, 0.2) is 22.7 Å². The number of nitrogens with zero attached hydrogens (tertiary/aromatic N) is 3. The van der Waals surface area contributed by atoms with Crippen molar-refractivity contribution in [1.82, 2.24) is 9.97 Å². The van der Waals surface area contributed by atoms with Crippen molar-refractivity contribution in [2.45, 2.75) is 20.0 Å². The number of hydrogen-bond donors (Lipinski definition) is 2. The van der Waals surface area contributed by atoms with Gasteiger partial charge in [0.25, 0.3) is 0 Å². The summed E-state index contributed by atoms with van der Waals surface area (Å²) in [6.07, 6.45) is 0.0370. The highest BCUT2D eigenvalue weighted by Crippen LogP contribution is 2.34. The molecular weight excluding hydrogens is 334 g/mol. The second-order valence-corrected chi connectivity index (χ2v) is 5.47. The fourth-order valence-corrected chi connectivity index (χ4v) is 2.27. The van der Waals surface area contributed by atoms with Gasteiger partial charge in [-0.25, -0.2) is 4.98 Å². The number of nitriles is 1. The number of anilines is 2. The van der Waals surface area contributed by atoms with Gasteiger partial charge < -0.3 is 16.2 Å². The summed E-state index contributed by atoms with van der Waals surface area (Å²) in [5.41, 5.74) is 12.6. The van der Waals surface area contributed by atoms with E-state index < -0.39 is 0 Å². The standard InChI is InChI=1S/C14H14BrN5O/c1-7(2)21-8-3-4-11(15)9(5-8)12-10(6-16)13(17)20-14(18)19-12/h3-5,7H,1-2H3,(H4,17,18,19,20).